The number of carbonyl (C=O) groups is 1. The highest BCUT2D eigenvalue weighted by Gasteiger charge is 2.37. The molecule has 1 heterocycles. The van der Waals surface area contributed by atoms with Gasteiger partial charge in [0, 0.05) is 26.1 Å². The Hall–Kier alpha value is -0.710. The molecular formula is C9H16F2N2O. The molecule has 0 aromatic heterocycles. The molecule has 3 nitrogen and oxygen atoms in total. The van der Waals surface area contributed by atoms with Crippen molar-refractivity contribution in [1.29, 1.82) is 0 Å². The van der Waals surface area contributed by atoms with E-state index in [9.17, 15) is 13.6 Å². The fraction of sp³-hybridized carbons (Fsp3) is 0.889. The predicted octanol–water partition coefficient (Wildman–Crippen LogP) is 0.852. The largest absolute Gasteiger partial charge is 0.337 e. The molecule has 1 rings (SSSR count). The van der Waals surface area contributed by atoms with Crippen molar-refractivity contribution in [3.05, 3.63) is 0 Å². The maximum absolute atomic E-state index is 12.7. The van der Waals surface area contributed by atoms with Crippen LogP contribution in [-0.2, 0) is 4.79 Å². The van der Waals surface area contributed by atoms with Gasteiger partial charge in [0.05, 0.1) is 0 Å². The highest BCUT2D eigenvalue weighted by molar-refractivity contribution is 5.83. The van der Waals surface area contributed by atoms with E-state index >= 15 is 0 Å². The minimum absolute atomic E-state index is 0.351. The third kappa shape index (κ3) is 2.64. The van der Waals surface area contributed by atoms with Crippen LogP contribution in [-0.4, -0.2) is 42.9 Å². The first-order chi connectivity index (χ1) is 6.45. The molecule has 0 spiro atoms. The predicted molar refractivity (Wildman–Crippen MR) is 49.3 cm³/mol. The molecule has 0 aliphatic carbocycles. The third-order valence-electron chi connectivity index (χ3n) is 2.57. The second-order valence-electron chi connectivity index (χ2n) is 3.74. The number of hydrogen-bond acceptors (Lipinski definition) is 2. The fourth-order valence-electron chi connectivity index (χ4n) is 1.65. The zero-order chi connectivity index (χ0) is 10.8. The SMILES string of the molecule is CNC1CCN(C(=O)C(C)(F)F)CC1. The number of nitrogens with zero attached hydrogens (tertiary/aromatic N) is 1. The summed E-state index contributed by atoms with van der Waals surface area (Å²) >= 11 is 0. The van der Waals surface area contributed by atoms with Crippen molar-refractivity contribution in [3.8, 4) is 0 Å². The molecule has 1 N–H and O–H groups in total. The van der Waals surface area contributed by atoms with Crippen LogP contribution in [0.15, 0.2) is 0 Å². The fourth-order valence-corrected chi connectivity index (χ4v) is 1.65. The van der Waals surface area contributed by atoms with E-state index in [-0.39, 0.29) is 0 Å². The second-order valence-corrected chi connectivity index (χ2v) is 3.74. The van der Waals surface area contributed by atoms with Crippen LogP contribution in [0.3, 0.4) is 0 Å². The van der Waals surface area contributed by atoms with Crippen molar-refractivity contribution in [2.24, 2.45) is 0 Å². The lowest BCUT2D eigenvalue weighted by Crippen LogP contribution is -2.48. The van der Waals surface area contributed by atoms with Gasteiger partial charge in [0.15, 0.2) is 0 Å². The van der Waals surface area contributed by atoms with Gasteiger partial charge in [-0.3, -0.25) is 4.79 Å². The van der Waals surface area contributed by atoms with Crippen molar-refractivity contribution in [2.75, 3.05) is 20.1 Å². The molecule has 5 heteroatoms. The van der Waals surface area contributed by atoms with Gasteiger partial charge in [0.2, 0.25) is 0 Å². The number of hydrogen-bond donors (Lipinski definition) is 1. The van der Waals surface area contributed by atoms with Gasteiger partial charge in [-0.1, -0.05) is 0 Å². The van der Waals surface area contributed by atoms with Crippen LogP contribution in [0, 0.1) is 0 Å². The molecule has 14 heavy (non-hydrogen) atoms. The van der Waals surface area contributed by atoms with Gasteiger partial charge in [0.25, 0.3) is 5.91 Å². The third-order valence-corrected chi connectivity index (χ3v) is 2.57. The highest BCUT2D eigenvalue weighted by Crippen LogP contribution is 2.19. The number of halogens is 2. The molecule has 0 aromatic rings. The Morgan fingerprint density at radius 1 is 1.43 bits per heavy atom. The minimum atomic E-state index is -3.23. The first-order valence-electron chi connectivity index (χ1n) is 4.79. The Balaban J connectivity index is 2.46. The topological polar surface area (TPSA) is 32.3 Å². The number of likely N-dealkylation sites (tertiary alicyclic amines) is 1. The van der Waals surface area contributed by atoms with Crippen LogP contribution in [0.5, 0.6) is 0 Å². The number of amides is 1. The lowest BCUT2D eigenvalue weighted by molar-refractivity contribution is -0.156. The molecule has 0 saturated carbocycles. The molecule has 1 aliphatic heterocycles. The average molecular weight is 206 g/mol. The summed E-state index contributed by atoms with van der Waals surface area (Å²) in [5, 5.41) is 3.08. The van der Waals surface area contributed by atoms with Crippen LogP contribution in [0.4, 0.5) is 8.78 Å². The van der Waals surface area contributed by atoms with E-state index < -0.39 is 11.8 Å². The Bertz CT molecular complexity index is 207. The maximum atomic E-state index is 12.7. The maximum Gasteiger partial charge on any atom is 0.322 e. The van der Waals surface area contributed by atoms with Crippen molar-refractivity contribution >= 4 is 5.91 Å². The molecule has 1 aliphatic rings. The summed E-state index contributed by atoms with van der Waals surface area (Å²) in [5.74, 6) is -4.28. The van der Waals surface area contributed by atoms with E-state index in [4.69, 9.17) is 0 Å². The molecule has 0 radical (unpaired) electrons. The molecule has 1 saturated heterocycles. The Kier molecular flexibility index (Phi) is 3.42. The van der Waals surface area contributed by atoms with Gasteiger partial charge in [0.1, 0.15) is 0 Å². The second kappa shape index (κ2) is 4.21. The summed E-state index contributed by atoms with van der Waals surface area (Å²) in [4.78, 5) is 12.4. The van der Waals surface area contributed by atoms with Crippen LogP contribution in [0.2, 0.25) is 0 Å². The summed E-state index contributed by atoms with van der Waals surface area (Å²) < 4.78 is 25.3. The van der Waals surface area contributed by atoms with Gasteiger partial charge < -0.3 is 10.2 Å². The van der Waals surface area contributed by atoms with E-state index in [0.717, 1.165) is 12.8 Å². The Labute approximate surface area is 82.5 Å². The van der Waals surface area contributed by atoms with Gasteiger partial charge in [-0.15, -0.1) is 0 Å². The molecule has 0 atom stereocenters. The van der Waals surface area contributed by atoms with Gasteiger partial charge in [-0.25, -0.2) is 0 Å². The van der Waals surface area contributed by atoms with Crippen LogP contribution < -0.4 is 5.32 Å². The molecule has 1 fully saturated rings. The molecular weight excluding hydrogens is 190 g/mol. The minimum Gasteiger partial charge on any atom is -0.337 e. The van der Waals surface area contributed by atoms with Crippen LogP contribution in [0.1, 0.15) is 19.8 Å². The van der Waals surface area contributed by atoms with Crippen LogP contribution >= 0.6 is 0 Å². The summed E-state index contributed by atoms with van der Waals surface area (Å²) in [7, 11) is 1.84. The number of rotatable bonds is 2. The normalized spacial score (nSPS) is 19.9. The lowest BCUT2D eigenvalue weighted by Gasteiger charge is -2.33. The lowest BCUT2D eigenvalue weighted by atomic mass is 10.0. The number of piperidine rings is 1. The van der Waals surface area contributed by atoms with Gasteiger partial charge >= 0.3 is 5.92 Å². The van der Waals surface area contributed by atoms with E-state index in [1.54, 1.807) is 0 Å². The quantitative estimate of drug-likeness (QED) is 0.726. The summed E-state index contributed by atoms with van der Waals surface area (Å²) in [6.45, 7) is 1.50. The van der Waals surface area contributed by atoms with Crippen molar-refractivity contribution < 1.29 is 13.6 Å². The van der Waals surface area contributed by atoms with E-state index in [1.165, 1.54) is 4.90 Å². The Morgan fingerprint density at radius 3 is 2.29 bits per heavy atom. The summed E-state index contributed by atoms with van der Waals surface area (Å²) in [5.41, 5.74) is 0. The number of carbonyl (C=O) groups excluding carboxylic acids is 1. The molecule has 1 amide bonds. The summed E-state index contributed by atoms with van der Waals surface area (Å²) in [6.07, 6.45) is 1.50. The first kappa shape index (κ1) is 11.4. The van der Waals surface area contributed by atoms with E-state index in [0.29, 0.717) is 26.1 Å². The Morgan fingerprint density at radius 2 is 1.93 bits per heavy atom. The van der Waals surface area contributed by atoms with E-state index in [1.807, 2.05) is 7.05 Å². The first-order valence-corrected chi connectivity index (χ1v) is 4.79. The van der Waals surface area contributed by atoms with E-state index in [2.05, 4.69) is 5.32 Å². The monoisotopic (exact) mass is 206 g/mol. The highest BCUT2D eigenvalue weighted by atomic mass is 19.3. The van der Waals surface area contributed by atoms with Crippen molar-refractivity contribution in [3.63, 3.8) is 0 Å². The van der Waals surface area contributed by atoms with Crippen molar-refractivity contribution in [1.82, 2.24) is 10.2 Å². The zero-order valence-electron chi connectivity index (χ0n) is 8.52. The number of alkyl halides is 2. The molecule has 0 aromatic carbocycles. The van der Waals surface area contributed by atoms with Gasteiger partial charge in [-0.05, 0) is 19.9 Å². The molecule has 0 bridgehead atoms. The summed E-state index contributed by atoms with van der Waals surface area (Å²) in [6, 6.07) is 0.351. The average Bonchev–Trinajstić information content (AvgIpc) is 2.15. The zero-order valence-corrected chi connectivity index (χ0v) is 8.52. The standard InChI is InChI=1S/C9H16F2N2O/c1-9(10,11)8(14)13-5-3-7(12-2)4-6-13/h7,12H,3-6H2,1-2H3. The van der Waals surface area contributed by atoms with Crippen molar-refractivity contribution in [2.45, 2.75) is 31.7 Å². The van der Waals surface area contributed by atoms with Crippen LogP contribution in [0.25, 0.3) is 0 Å². The molecule has 0 unspecified atom stereocenters. The smallest absolute Gasteiger partial charge is 0.322 e. The molecule has 82 valence electrons. The number of nitrogens with one attached hydrogen (secondary N) is 1. The van der Waals surface area contributed by atoms with Gasteiger partial charge in [-0.2, -0.15) is 8.78 Å².